The van der Waals surface area contributed by atoms with Gasteiger partial charge in [-0.2, -0.15) is 0 Å². The van der Waals surface area contributed by atoms with Gasteiger partial charge in [-0.3, -0.25) is 4.79 Å². The lowest BCUT2D eigenvalue weighted by atomic mass is 10.1. The highest BCUT2D eigenvalue weighted by Crippen LogP contribution is 2.23. The van der Waals surface area contributed by atoms with Gasteiger partial charge >= 0.3 is 0 Å². The molecule has 1 aliphatic heterocycles. The van der Waals surface area contributed by atoms with E-state index in [0.717, 1.165) is 12.8 Å². The zero-order valence-corrected chi connectivity index (χ0v) is 12.6. The molecule has 1 saturated heterocycles. The van der Waals surface area contributed by atoms with Gasteiger partial charge in [0.15, 0.2) is 0 Å². The highest BCUT2D eigenvalue weighted by Gasteiger charge is 2.22. The summed E-state index contributed by atoms with van der Waals surface area (Å²) in [5.74, 6) is -0.203. The van der Waals surface area contributed by atoms with Crippen LogP contribution in [0.4, 0.5) is 5.69 Å². The smallest absolute Gasteiger partial charge is 0.261 e. The van der Waals surface area contributed by atoms with Crippen LogP contribution >= 0.6 is 10.7 Å². The third-order valence-electron chi connectivity index (χ3n) is 3.18. The highest BCUT2D eigenvalue weighted by molar-refractivity contribution is 8.13. The van der Waals surface area contributed by atoms with Gasteiger partial charge in [-0.25, -0.2) is 8.42 Å². The van der Waals surface area contributed by atoms with Crippen LogP contribution in [0.15, 0.2) is 23.1 Å². The summed E-state index contributed by atoms with van der Waals surface area (Å²) in [6, 6.07) is 4.48. The number of anilines is 1. The number of carbonyl (C=O) groups is 1. The highest BCUT2D eigenvalue weighted by atomic mass is 35.7. The quantitative estimate of drug-likeness (QED) is 0.869. The van der Waals surface area contributed by atoms with E-state index in [1.54, 1.807) is 13.0 Å². The predicted molar refractivity (Wildman–Crippen MR) is 76.4 cm³/mol. The minimum atomic E-state index is -3.76. The van der Waals surface area contributed by atoms with E-state index in [-0.39, 0.29) is 10.8 Å². The molecule has 1 aromatic rings. The third-order valence-corrected chi connectivity index (χ3v) is 4.66. The fourth-order valence-electron chi connectivity index (χ4n) is 2.17. The Morgan fingerprint density at radius 3 is 2.70 bits per heavy atom. The minimum Gasteiger partial charge on any atom is -0.368 e. The van der Waals surface area contributed by atoms with Gasteiger partial charge in [-0.05, 0) is 49.9 Å². The average Bonchev–Trinajstić information content (AvgIpc) is 2.38. The summed E-state index contributed by atoms with van der Waals surface area (Å²) in [7, 11) is 1.54. The van der Waals surface area contributed by atoms with Gasteiger partial charge in [-0.15, -0.1) is 0 Å². The van der Waals surface area contributed by atoms with Crippen LogP contribution < -0.4 is 5.32 Å². The predicted octanol–water partition coefficient (Wildman–Crippen LogP) is 2.43. The molecule has 1 atom stereocenters. The molecule has 0 bridgehead atoms. The van der Waals surface area contributed by atoms with E-state index in [4.69, 9.17) is 15.4 Å². The topological polar surface area (TPSA) is 72.5 Å². The van der Waals surface area contributed by atoms with Crippen molar-refractivity contribution in [2.24, 2.45) is 0 Å². The maximum Gasteiger partial charge on any atom is 0.261 e. The summed E-state index contributed by atoms with van der Waals surface area (Å²) in [6.07, 6.45) is 2.23. The number of ether oxygens (including phenoxy) is 1. The molecule has 1 heterocycles. The molecule has 0 aliphatic carbocycles. The molecule has 110 valence electrons. The SMILES string of the molecule is Cc1cc(NC(=O)C2CCCCO2)ccc1S(=O)(=O)Cl. The molecule has 1 unspecified atom stereocenters. The van der Waals surface area contributed by atoms with Crippen molar-refractivity contribution in [3.63, 3.8) is 0 Å². The van der Waals surface area contributed by atoms with Crippen LogP contribution in [-0.4, -0.2) is 27.0 Å². The molecule has 1 fully saturated rings. The number of rotatable bonds is 3. The van der Waals surface area contributed by atoms with Crippen molar-refractivity contribution in [3.8, 4) is 0 Å². The molecule has 2 rings (SSSR count). The van der Waals surface area contributed by atoms with Gasteiger partial charge in [0, 0.05) is 23.0 Å². The lowest BCUT2D eigenvalue weighted by Gasteiger charge is -2.21. The molecule has 1 N–H and O–H groups in total. The fourth-order valence-corrected chi connectivity index (χ4v) is 3.36. The fraction of sp³-hybridized carbons (Fsp3) is 0.462. The van der Waals surface area contributed by atoms with Crippen molar-refractivity contribution in [3.05, 3.63) is 23.8 Å². The number of carbonyl (C=O) groups excluding carboxylic acids is 1. The third kappa shape index (κ3) is 3.71. The average molecular weight is 318 g/mol. The Labute approximate surface area is 122 Å². The zero-order valence-electron chi connectivity index (χ0n) is 11.1. The molecule has 0 aromatic heterocycles. The minimum absolute atomic E-state index is 0.0473. The Bertz CT molecular complexity index is 609. The maximum absolute atomic E-state index is 12.0. The Hall–Kier alpha value is -1.11. The molecule has 5 nitrogen and oxygen atoms in total. The van der Waals surface area contributed by atoms with E-state index in [9.17, 15) is 13.2 Å². The lowest BCUT2D eigenvalue weighted by Crippen LogP contribution is -2.33. The van der Waals surface area contributed by atoms with Crippen LogP contribution in [0.1, 0.15) is 24.8 Å². The standard InChI is InChI=1S/C13H16ClNO4S/c1-9-8-10(5-6-12(9)20(14,17)18)15-13(16)11-4-2-3-7-19-11/h5-6,8,11H,2-4,7H2,1H3,(H,15,16). The summed E-state index contributed by atoms with van der Waals surface area (Å²) in [5, 5.41) is 2.73. The van der Waals surface area contributed by atoms with Crippen molar-refractivity contribution in [2.45, 2.75) is 37.2 Å². The van der Waals surface area contributed by atoms with E-state index in [1.807, 2.05) is 0 Å². The Kier molecular flexibility index (Phi) is 4.67. The Balaban J connectivity index is 2.10. The van der Waals surface area contributed by atoms with Crippen LogP contribution in [0.25, 0.3) is 0 Å². The number of nitrogens with one attached hydrogen (secondary N) is 1. The monoisotopic (exact) mass is 317 g/mol. The molecular weight excluding hydrogens is 302 g/mol. The molecular formula is C13H16ClNO4S. The number of aryl methyl sites for hydroxylation is 1. The molecule has 1 amide bonds. The van der Waals surface area contributed by atoms with Crippen molar-refractivity contribution in [1.82, 2.24) is 0 Å². The maximum atomic E-state index is 12.0. The largest absolute Gasteiger partial charge is 0.368 e. The van der Waals surface area contributed by atoms with E-state index in [2.05, 4.69) is 5.32 Å². The zero-order chi connectivity index (χ0) is 14.8. The van der Waals surface area contributed by atoms with Gasteiger partial charge in [0.05, 0.1) is 4.90 Å². The van der Waals surface area contributed by atoms with Gasteiger partial charge in [-0.1, -0.05) is 0 Å². The van der Waals surface area contributed by atoms with E-state index < -0.39 is 15.2 Å². The second-order valence-electron chi connectivity index (χ2n) is 4.76. The summed E-state index contributed by atoms with van der Waals surface area (Å²) in [6.45, 7) is 2.22. The molecule has 20 heavy (non-hydrogen) atoms. The van der Waals surface area contributed by atoms with Gasteiger partial charge < -0.3 is 10.1 Å². The second-order valence-corrected chi connectivity index (χ2v) is 7.30. The summed E-state index contributed by atoms with van der Waals surface area (Å²) >= 11 is 0. The molecule has 1 aliphatic rings. The molecule has 0 saturated carbocycles. The van der Waals surface area contributed by atoms with Gasteiger partial charge in [0.1, 0.15) is 6.10 Å². The molecule has 0 spiro atoms. The van der Waals surface area contributed by atoms with Crippen molar-refractivity contribution in [1.29, 1.82) is 0 Å². The van der Waals surface area contributed by atoms with Gasteiger partial charge in [0.2, 0.25) is 0 Å². The molecule has 7 heteroatoms. The first-order chi connectivity index (χ1) is 9.38. The van der Waals surface area contributed by atoms with Gasteiger partial charge in [0.25, 0.3) is 15.0 Å². The second kappa shape index (κ2) is 6.11. The van der Waals surface area contributed by atoms with E-state index in [0.29, 0.717) is 24.3 Å². The summed E-state index contributed by atoms with van der Waals surface area (Å²) < 4.78 is 28.0. The Morgan fingerprint density at radius 1 is 1.40 bits per heavy atom. The van der Waals surface area contributed by atoms with Crippen LogP contribution in [0, 0.1) is 6.92 Å². The van der Waals surface area contributed by atoms with Crippen molar-refractivity contribution in [2.75, 3.05) is 11.9 Å². The summed E-state index contributed by atoms with van der Waals surface area (Å²) in [4.78, 5) is 12.0. The van der Waals surface area contributed by atoms with Crippen molar-refractivity contribution >= 4 is 31.3 Å². The Morgan fingerprint density at radius 2 is 2.15 bits per heavy atom. The first kappa shape index (κ1) is 15.3. The van der Waals surface area contributed by atoms with Crippen LogP contribution in [0.2, 0.25) is 0 Å². The number of hydrogen-bond donors (Lipinski definition) is 1. The first-order valence-electron chi connectivity index (χ1n) is 6.36. The number of benzene rings is 1. The van der Waals surface area contributed by atoms with Crippen LogP contribution in [-0.2, 0) is 18.6 Å². The van der Waals surface area contributed by atoms with E-state index >= 15 is 0 Å². The molecule has 0 radical (unpaired) electrons. The lowest BCUT2D eigenvalue weighted by molar-refractivity contribution is -0.129. The number of hydrogen-bond acceptors (Lipinski definition) is 4. The first-order valence-corrected chi connectivity index (χ1v) is 8.66. The van der Waals surface area contributed by atoms with Crippen molar-refractivity contribution < 1.29 is 17.9 Å². The summed E-state index contributed by atoms with van der Waals surface area (Å²) in [5.41, 5.74) is 1.02. The van der Waals surface area contributed by atoms with Crippen LogP contribution in [0.3, 0.4) is 0 Å². The normalized spacial score (nSPS) is 19.6. The number of amides is 1. The van der Waals surface area contributed by atoms with Crippen LogP contribution in [0.5, 0.6) is 0 Å². The number of halogens is 1. The molecule has 1 aromatic carbocycles. The van der Waals surface area contributed by atoms with E-state index in [1.165, 1.54) is 12.1 Å².